The van der Waals surface area contributed by atoms with Crippen molar-refractivity contribution in [2.45, 2.75) is 106 Å². The lowest BCUT2D eigenvalue weighted by Gasteiger charge is -2.48. The van der Waals surface area contributed by atoms with Crippen LogP contribution in [0.5, 0.6) is 0 Å². The molecule has 210 valence electrons. The fourth-order valence-corrected chi connectivity index (χ4v) is 4.42. The second-order valence-electron chi connectivity index (χ2n) is 9.05. The Hall–Kier alpha value is -1.09. The molecule has 3 fully saturated rings. The molecule has 0 spiro atoms. The Morgan fingerprint density at radius 1 is 0.722 bits per heavy atom. The van der Waals surface area contributed by atoms with Crippen molar-refractivity contribution in [1.82, 2.24) is 5.32 Å². The van der Waals surface area contributed by atoms with Gasteiger partial charge in [0, 0.05) is 6.92 Å². The van der Waals surface area contributed by atoms with Crippen LogP contribution in [0.3, 0.4) is 0 Å². The summed E-state index contributed by atoms with van der Waals surface area (Å²) >= 11 is 0. The molecule has 0 aromatic carbocycles. The fraction of sp³-hybridized carbons (Fsp3) is 0.950. The average Bonchev–Trinajstić information content (AvgIpc) is 2.83. The molecule has 3 rings (SSSR count). The van der Waals surface area contributed by atoms with Gasteiger partial charge >= 0.3 is 0 Å². The third-order valence-corrected chi connectivity index (χ3v) is 6.45. The lowest BCUT2D eigenvalue weighted by Crippen LogP contribution is -2.68. The van der Waals surface area contributed by atoms with Gasteiger partial charge in [-0.2, -0.15) is 0 Å². The second kappa shape index (κ2) is 12.2. The highest BCUT2D eigenvalue weighted by molar-refractivity contribution is 5.73. The number of nitrogens with one attached hydrogen (secondary N) is 1. The van der Waals surface area contributed by atoms with Crippen LogP contribution >= 0.6 is 0 Å². The molecule has 1 amide bonds. The van der Waals surface area contributed by atoms with Crippen molar-refractivity contribution in [2.75, 3.05) is 13.2 Å². The smallest absolute Gasteiger partial charge is 0.217 e. The van der Waals surface area contributed by atoms with Crippen LogP contribution in [0.25, 0.3) is 0 Å². The zero-order chi connectivity index (χ0) is 26.9. The molecule has 3 aliphatic rings. The zero-order valence-corrected chi connectivity index (χ0v) is 19.5. The van der Waals surface area contributed by atoms with E-state index >= 15 is 0 Å². The van der Waals surface area contributed by atoms with Gasteiger partial charge in [0.05, 0.1) is 19.3 Å². The summed E-state index contributed by atoms with van der Waals surface area (Å²) in [5.41, 5.74) is 0. The minimum Gasteiger partial charge on any atom is -0.394 e. The van der Waals surface area contributed by atoms with Crippen molar-refractivity contribution in [1.29, 1.82) is 0 Å². The lowest BCUT2D eigenvalue weighted by atomic mass is 9.95. The van der Waals surface area contributed by atoms with E-state index < -0.39 is 111 Å². The van der Waals surface area contributed by atoms with Gasteiger partial charge < -0.3 is 75.0 Å². The molecular weight excluding hydrogens is 494 g/mol. The van der Waals surface area contributed by atoms with Gasteiger partial charge in [-0.1, -0.05) is 0 Å². The van der Waals surface area contributed by atoms with E-state index in [2.05, 4.69) is 5.32 Å². The summed E-state index contributed by atoms with van der Waals surface area (Å²) < 4.78 is 27.6. The summed E-state index contributed by atoms with van der Waals surface area (Å²) in [5, 5.41) is 93.1. The Morgan fingerprint density at radius 3 is 1.81 bits per heavy atom. The third-order valence-electron chi connectivity index (χ3n) is 6.45. The Labute approximate surface area is 205 Å². The van der Waals surface area contributed by atoms with Gasteiger partial charge in [-0.05, 0) is 6.92 Å². The van der Waals surface area contributed by atoms with Crippen LogP contribution in [0.15, 0.2) is 0 Å². The van der Waals surface area contributed by atoms with Crippen LogP contribution in [0.4, 0.5) is 0 Å². The predicted molar refractivity (Wildman–Crippen MR) is 111 cm³/mol. The van der Waals surface area contributed by atoms with Gasteiger partial charge in [0.25, 0.3) is 0 Å². The van der Waals surface area contributed by atoms with Crippen molar-refractivity contribution < 1.29 is 74.4 Å². The van der Waals surface area contributed by atoms with Crippen LogP contribution in [0.2, 0.25) is 0 Å². The minimum absolute atomic E-state index is 0.624. The average molecular weight is 529 g/mol. The highest BCUT2D eigenvalue weighted by Crippen LogP contribution is 2.32. The Morgan fingerprint density at radius 2 is 1.25 bits per heavy atom. The molecule has 3 heterocycles. The quantitative estimate of drug-likeness (QED) is 0.147. The predicted octanol–water partition coefficient (Wildman–Crippen LogP) is -6.40. The summed E-state index contributed by atoms with van der Waals surface area (Å²) in [6, 6.07) is -1.38. The minimum atomic E-state index is -1.81. The molecule has 10 N–H and O–H groups in total. The first-order valence-corrected chi connectivity index (χ1v) is 11.4. The molecule has 0 bridgehead atoms. The molecule has 15 atom stereocenters. The van der Waals surface area contributed by atoms with E-state index in [1.165, 1.54) is 6.92 Å². The van der Waals surface area contributed by atoms with E-state index in [4.69, 9.17) is 23.7 Å². The highest BCUT2D eigenvalue weighted by Gasteiger charge is 2.53. The van der Waals surface area contributed by atoms with E-state index in [0.717, 1.165) is 6.92 Å². The first-order chi connectivity index (χ1) is 16.9. The lowest BCUT2D eigenvalue weighted by molar-refractivity contribution is -0.374. The number of ether oxygens (including phenoxy) is 5. The zero-order valence-electron chi connectivity index (χ0n) is 19.5. The van der Waals surface area contributed by atoms with Crippen LogP contribution in [0, 0.1) is 0 Å². The van der Waals surface area contributed by atoms with Gasteiger partial charge in [-0.25, -0.2) is 0 Å². The van der Waals surface area contributed by atoms with Crippen molar-refractivity contribution in [3.8, 4) is 0 Å². The van der Waals surface area contributed by atoms with Crippen molar-refractivity contribution in [3.63, 3.8) is 0 Å². The van der Waals surface area contributed by atoms with Crippen molar-refractivity contribution in [3.05, 3.63) is 0 Å². The maximum atomic E-state index is 11.7. The number of carbonyl (C=O) groups excluding carboxylic acids is 1. The number of carbonyl (C=O) groups is 1. The summed E-state index contributed by atoms with van der Waals surface area (Å²) in [4.78, 5) is 11.7. The molecular formula is C20H35NO15. The molecule has 36 heavy (non-hydrogen) atoms. The largest absolute Gasteiger partial charge is 0.394 e. The molecule has 3 aliphatic heterocycles. The molecule has 0 unspecified atom stereocenters. The number of hydrogen-bond donors (Lipinski definition) is 10. The molecule has 0 aliphatic carbocycles. The van der Waals surface area contributed by atoms with E-state index in [-0.39, 0.29) is 0 Å². The summed E-state index contributed by atoms with van der Waals surface area (Å²) in [6.45, 7) is 1.10. The highest BCUT2D eigenvalue weighted by atomic mass is 16.7. The monoisotopic (exact) mass is 529 g/mol. The number of aliphatic hydroxyl groups is 9. The van der Waals surface area contributed by atoms with Crippen LogP contribution in [-0.4, -0.2) is 157 Å². The van der Waals surface area contributed by atoms with Gasteiger partial charge in [-0.3, -0.25) is 4.79 Å². The molecule has 0 radical (unpaired) electrons. The normalized spacial score (nSPS) is 50.0. The summed E-state index contributed by atoms with van der Waals surface area (Å²) in [6.07, 6.45) is -21.9. The maximum Gasteiger partial charge on any atom is 0.217 e. The Kier molecular flexibility index (Phi) is 9.97. The molecule has 3 saturated heterocycles. The number of rotatable bonds is 7. The number of amides is 1. The maximum absolute atomic E-state index is 11.7. The van der Waals surface area contributed by atoms with E-state index in [1.807, 2.05) is 0 Å². The Balaban J connectivity index is 1.86. The number of hydrogen-bond acceptors (Lipinski definition) is 15. The van der Waals surface area contributed by atoms with E-state index in [0.29, 0.717) is 0 Å². The summed E-state index contributed by atoms with van der Waals surface area (Å²) in [7, 11) is 0. The van der Waals surface area contributed by atoms with Gasteiger partial charge in [-0.15, -0.1) is 0 Å². The molecule has 16 heteroatoms. The summed E-state index contributed by atoms with van der Waals surface area (Å²) in [5.74, 6) is -0.624. The third kappa shape index (κ3) is 5.97. The van der Waals surface area contributed by atoms with Crippen LogP contribution < -0.4 is 5.32 Å². The molecule has 0 aromatic heterocycles. The van der Waals surface area contributed by atoms with E-state index in [1.54, 1.807) is 0 Å². The fourth-order valence-electron chi connectivity index (χ4n) is 4.42. The van der Waals surface area contributed by atoms with E-state index in [9.17, 15) is 50.8 Å². The second-order valence-corrected chi connectivity index (χ2v) is 9.05. The van der Waals surface area contributed by atoms with Crippen molar-refractivity contribution >= 4 is 5.91 Å². The van der Waals surface area contributed by atoms with Gasteiger partial charge in [0.1, 0.15) is 67.1 Å². The SMILES string of the molecule is CC(=O)N[C@H]1[C@@H](O[C@H]2[C@H](O)[C@@H](O)O[C@@H](C)[C@H]2O[C@@H]2O[C@H](CO)[C@@H](O)[C@H](O)[C@H]2O)O[C@H](CO)[C@H](O)[C@@H]1O. The van der Waals surface area contributed by atoms with Gasteiger partial charge in [0.2, 0.25) is 5.91 Å². The molecule has 0 aromatic rings. The molecule has 16 nitrogen and oxygen atoms in total. The number of aliphatic hydroxyl groups excluding tert-OH is 9. The van der Waals surface area contributed by atoms with Gasteiger partial charge in [0.15, 0.2) is 18.9 Å². The van der Waals surface area contributed by atoms with Crippen molar-refractivity contribution in [2.24, 2.45) is 0 Å². The Bertz CT molecular complexity index is 729. The van der Waals surface area contributed by atoms with Crippen LogP contribution in [0.1, 0.15) is 13.8 Å². The van der Waals surface area contributed by atoms with Crippen LogP contribution in [-0.2, 0) is 28.5 Å². The standard InChI is InChI=1S/C20H35NO15/c1-5-16(35-20-14(29)13(28)11(26)8(4-23)34-20)17(15(30)18(31)32-5)36-19-9(21-6(2)24)12(27)10(25)7(3-22)33-19/h5,7-20,22-23,25-31H,3-4H2,1-2H3,(H,21,24)/t5-,7+,8+,9+,10-,11+,12+,13-,14+,15-,16+,17-,18-,19+,20-/m0/s1. The first kappa shape index (κ1) is 29.5. The first-order valence-electron chi connectivity index (χ1n) is 11.4. The topological polar surface area (TPSA) is 257 Å². The molecule has 0 saturated carbocycles.